The molecular weight excluding hydrogens is 424 g/mol. The Hall–Kier alpha value is -0.300. The summed E-state index contributed by atoms with van der Waals surface area (Å²) in [5.41, 5.74) is 2.66. The second kappa shape index (κ2) is 4.18. The summed E-state index contributed by atoms with van der Waals surface area (Å²) in [5.74, 6) is 0. The van der Waals surface area contributed by atoms with Crippen LogP contribution in [0.2, 0.25) is 0 Å². The molecule has 1 heterocycles. The molecule has 0 spiro atoms. The molecule has 0 bridgehead atoms. The number of hydrogen-bond acceptors (Lipinski definition) is 0. The summed E-state index contributed by atoms with van der Waals surface area (Å²) < 4.78 is 3.78. The summed E-state index contributed by atoms with van der Waals surface area (Å²) in [7, 11) is 0. The molecule has 16 heavy (non-hydrogen) atoms. The first-order valence-electron chi connectivity index (χ1n) is 5.00. The van der Waals surface area contributed by atoms with Crippen LogP contribution in [0.4, 0.5) is 0 Å². The van der Waals surface area contributed by atoms with Gasteiger partial charge in [-0.3, -0.25) is 0 Å². The number of aromatic nitrogens is 1. The first kappa shape index (κ1) is 10.8. The van der Waals surface area contributed by atoms with Gasteiger partial charge in [-0.15, -0.1) is 0 Å². The fourth-order valence-corrected chi connectivity index (χ4v) is 3.98. The molecule has 82 valence electrons. The van der Waals surface area contributed by atoms with Crippen molar-refractivity contribution in [1.29, 1.82) is 0 Å². The van der Waals surface area contributed by atoms with Crippen LogP contribution in [0.3, 0.4) is 0 Å². The molecule has 0 saturated carbocycles. The van der Waals surface area contributed by atoms with E-state index in [9.17, 15) is 0 Å². The van der Waals surface area contributed by atoms with E-state index in [0.29, 0.717) is 0 Å². The fraction of sp³-hybridized carbons (Fsp3) is 0.0769. The Morgan fingerprint density at radius 1 is 1.00 bits per heavy atom. The van der Waals surface area contributed by atoms with E-state index in [-0.39, 0.29) is 21.2 Å². The second-order valence-electron chi connectivity index (χ2n) is 3.65. The summed E-state index contributed by atoms with van der Waals surface area (Å²) in [6, 6.07) is 15.5. The summed E-state index contributed by atoms with van der Waals surface area (Å²) in [6.07, 6.45) is 0. The molecule has 0 saturated heterocycles. The monoisotopic (exact) mass is 434 g/mol. The average Bonchev–Trinajstić information content (AvgIpc) is 2.64. The predicted molar refractivity (Wildman–Crippen MR) is 73.5 cm³/mol. The van der Waals surface area contributed by atoms with Gasteiger partial charge < -0.3 is 0 Å². The topological polar surface area (TPSA) is 4.93 Å². The SMILES string of the molecule is C[I-]c1ccc2c3ccccc3n(I)c2c1. The molecule has 0 amide bonds. The Bertz CT molecular complexity index is 670. The van der Waals surface area contributed by atoms with Crippen molar-refractivity contribution < 1.29 is 21.2 Å². The van der Waals surface area contributed by atoms with Gasteiger partial charge in [0, 0.05) is 0 Å². The number of para-hydroxylation sites is 1. The Morgan fingerprint density at radius 3 is 2.56 bits per heavy atom. The molecule has 0 aliphatic carbocycles. The quantitative estimate of drug-likeness (QED) is 0.396. The van der Waals surface area contributed by atoms with Crippen molar-refractivity contribution in [3.63, 3.8) is 0 Å². The molecular formula is C13H10I2N-. The average molecular weight is 434 g/mol. The minimum atomic E-state index is 0.175. The zero-order chi connectivity index (χ0) is 11.1. The van der Waals surface area contributed by atoms with Crippen molar-refractivity contribution in [2.45, 2.75) is 0 Å². The molecule has 3 aromatic rings. The van der Waals surface area contributed by atoms with Crippen LogP contribution < -0.4 is 21.2 Å². The molecule has 3 rings (SSSR count). The van der Waals surface area contributed by atoms with Crippen molar-refractivity contribution in [2.75, 3.05) is 4.93 Å². The molecule has 0 aliphatic heterocycles. The van der Waals surface area contributed by atoms with Crippen molar-refractivity contribution in [1.82, 2.24) is 2.78 Å². The fourth-order valence-electron chi connectivity index (χ4n) is 2.01. The minimum absolute atomic E-state index is 0.175. The van der Waals surface area contributed by atoms with E-state index in [4.69, 9.17) is 0 Å². The van der Waals surface area contributed by atoms with Gasteiger partial charge in [0.25, 0.3) is 0 Å². The maximum absolute atomic E-state index is 2.39. The molecule has 0 fully saturated rings. The third-order valence-corrected chi connectivity index (χ3v) is 5.75. The van der Waals surface area contributed by atoms with Crippen LogP contribution in [0.5, 0.6) is 0 Å². The van der Waals surface area contributed by atoms with Crippen LogP contribution in [0, 0.1) is 3.57 Å². The molecule has 1 aromatic heterocycles. The van der Waals surface area contributed by atoms with Crippen molar-refractivity contribution in [3.05, 3.63) is 46.0 Å². The van der Waals surface area contributed by atoms with E-state index < -0.39 is 0 Å². The predicted octanol–water partition coefficient (Wildman–Crippen LogP) is 0.881. The van der Waals surface area contributed by atoms with Crippen molar-refractivity contribution >= 4 is 44.7 Å². The Kier molecular flexibility index (Phi) is 2.83. The first-order chi connectivity index (χ1) is 7.81. The van der Waals surface area contributed by atoms with Gasteiger partial charge in [0.05, 0.1) is 0 Å². The summed E-state index contributed by atoms with van der Waals surface area (Å²) in [5, 5.41) is 2.72. The molecule has 0 aliphatic rings. The Labute approximate surface area is 119 Å². The van der Waals surface area contributed by atoms with Gasteiger partial charge in [-0.2, -0.15) is 0 Å². The molecule has 0 N–H and O–H groups in total. The number of benzene rings is 2. The number of fused-ring (bicyclic) bond motifs is 3. The number of halogens is 2. The summed E-state index contributed by atoms with van der Waals surface area (Å²) >= 11 is 2.57. The van der Waals surface area contributed by atoms with Gasteiger partial charge >= 0.3 is 120 Å². The van der Waals surface area contributed by atoms with Crippen LogP contribution in [0.1, 0.15) is 0 Å². The standard InChI is InChI=1S/C13H10I2N/c1-15-9-6-7-11-10-4-2-3-5-12(10)16(14)13(11)8-9/h2-8H,1H3/q-1. The van der Waals surface area contributed by atoms with Crippen LogP contribution in [-0.2, 0) is 0 Å². The van der Waals surface area contributed by atoms with Gasteiger partial charge in [-0.1, -0.05) is 0 Å². The van der Waals surface area contributed by atoms with Crippen LogP contribution in [0.25, 0.3) is 21.8 Å². The van der Waals surface area contributed by atoms with Gasteiger partial charge in [0.1, 0.15) is 0 Å². The van der Waals surface area contributed by atoms with Crippen LogP contribution in [-0.4, -0.2) is 7.71 Å². The molecule has 3 heteroatoms. The molecule has 0 unspecified atom stereocenters. The van der Waals surface area contributed by atoms with E-state index in [2.05, 4.69) is 73.0 Å². The van der Waals surface area contributed by atoms with E-state index in [1.807, 2.05) is 0 Å². The van der Waals surface area contributed by atoms with E-state index >= 15 is 0 Å². The number of rotatable bonds is 1. The second-order valence-corrected chi connectivity index (χ2v) is 6.94. The maximum atomic E-state index is 2.39. The molecule has 2 aromatic carbocycles. The van der Waals surface area contributed by atoms with Crippen LogP contribution >= 0.6 is 22.9 Å². The van der Waals surface area contributed by atoms with Gasteiger partial charge in [-0.05, 0) is 0 Å². The zero-order valence-corrected chi connectivity index (χ0v) is 13.1. The van der Waals surface area contributed by atoms with E-state index in [0.717, 1.165) is 0 Å². The Morgan fingerprint density at radius 2 is 1.75 bits per heavy atom. The third-order valence-electron chi connectivity index (χ3n) is 2.80. The van der Waals surface area contributed by atoms with Gasteiger partial charge in [0.2, 0.25) is 0 Å². The third kappa shape index (κ3) is 1.55. The summed E-state index contributed by atoms with van der Waals surface area (Å²) in [4.78, 5) is 2.31. The van der Waals surface area contributed by atoms with Crippen LogP contribution in [0.15, 0.2) is 42.5 Å². The number of nitrogens with zero attached hydrogens (tertiary/aromatic N) is 1. The Balaban J connectivity index is 2.51. The zero-order valence-electron chi connectivity index (χ0n) is 8.74. The van der Waals surface area contributed by atoms with Gasteiger partial charge in [0.15, 0.2) is 0 Å². The molecule has 0 atom stereocenters. The van der Waals surface area contributed by atoms with Gasteiger partial charge in [-0.25, -0.2) is 0 Å². The molecule has 1 nitrogen and oxygen atoms in total. The number of hydrogen-bond donors (Lipinski definition) is 0. The molecule has 0 radical (unpaired) electrons. The van der Waals surface area contributed by atoms with E-state index in [1.54, 1.807) is 0 Å². The van der Waals surface area contributed by atoms with E-state index in [1.165, 1.54) is 25.4 Å². The summed E-state index contributed by atoms with van der Waals surface area (Å²) in [6.45, 7) is 0. The first-order valence-corrected chi connectivity index (χ1v) is 9.20. The van der Waals surface area contributed by atoms with Crippen molar-refractivity contribution in [2.24, 2.45) is 0 Å². The normalized spacial score (nSPS) is 11.6. The van der Waals surface area contributed by atoms with Crippen molar-refractivity contribution in [3.8, 4) is 0 Å². The number of alkyl halides is 1.